The van der Waals surface area contributed by atoms with Gasteiger partial charge in [-0.25, -0.2) is 4.79 Å². The first-order chi connectivity index (χ1) is 9.52. The fourth-order valence-electron chi connectivity index (χ4n) is 2.11. The third-order valence-electron chi connectivity index (χ3n) is 3.36. The molecule has 7 nitrogen and oxygen atoms in total. The van der Waals surface area contributed by atoms with Gasteiger partial charge in [-0.05, 0) is 13.3 Å². The lowest BCUT2D eigenvalue weighted by atomic mass is 10.1. The van der Waals surface area contributed by atoms with Gasteiger partial charge in [-0.2, -0.15) is 0 Å². The van der Waals surface area contributed by atoms with Gasteiger partial charge in [0.1, 0.15) is 0 Å². The number of carboxylic acids is 1. The second kappa shape index (κ2) is 8.76. The van der Waals surface area contributed by atoms with Crippen molar-refractivity contribution >= 4 is 12.0 Å². The molecule has 0 radical (unpaired) electrons. The Morgan fingerprint density at radius 3 is 2.55 bits per heavy atom. The molecule has 1 heterocycles. The molecular formula is C13H25N3O4. The molecule has 2 unspecified atom stereocenters. The van der Waals surface area contributed by atoms with Gasteiger partial charge in [-0.15, -0.1) is 0 Å². The molecule has 1 fully saturated rings. The van der Waals surface area contributed by atoms with Gasteiger partial charge in [-0.3, -0.25) is 9.69 Å². The van der Waals surface area contributed by atoms with Crippen molar-refractivity contribution < 1.29 is 19.4 Å². The SMILES string of the molecule is CCC(CNC(=O)NC(C)CN1CCOCC1)C(=O)O. The number of aliphatic carboxylic acids is 1. The summed E-state index contributed by atoms with van der Waals surface area (Å²) in [7, 11) is 0. The standard InChI is InChI=1S/C13H25N3O4/c1-3-11(12(17)18)8-14-13(19)15-10(2)9-16-4-6-20-7-5-16/h10-11H,3-9H2,1-2H3,(H,17,18)(H2,14,15,19). The van der Waals surface area contributed by atoms with Crippen molar-refractivity contribution in [1.29, 1.82) is 0 Å². The minimum atomic E-state index is -0.880. The van der Waals surface area contributed by atoms with Gasteiger partial charge in [-0.1, -0.05) is 6.92 Å². The fraction of sp³-hybridized carbons (Fsp3) is 0.846. The minimum Gasteiger partial charge on any atom is -0.481 e. The van der Waals surface area contributed by atoms with Crippen LogP contribution in [-0.2, 0) is 9.53 Å². The van der Waals surface area contributed by atoms with Gasteiger partial charge in [0.15, 0.2) is 0 Å². The van der Waals surface area contributed by atoms with E-state index in [1.165, 1.54) is 0 Å². The summed E-state index contributed by atoms with van der Waals surface area (Å²) in [4.78, 5) is 24.8. The number of morpholine rings is 1. The topological polar surface area (TPSA) is 90.9 Å². The maximum Gasteiger partial charge on any atom is 0.315 e. The molecule has 1 saturated heterocycles. The Morgan fingerprint density at radius 1 is 1.35 bits per heavy atom. The summed E-state index contributed by atoms with van der Waals surface area (Å²) in [5.74, 6) is -1.41. The predicted molar refractivity (Wildman–Crippen MR) is 74.7 cm³/mol. The Morgan fingerprint density at radius 2 is 2.00 bits per heavy atom. The lowest BCUT2D eigenvalue weighted by Gasteiger charge is -2.29. The molecule has 1 aliphatic rings. The average molecular weight is 287 g/mol. The second-order valence-corrected chi connectivity index (χ2v) is 5.11. The second-order valence-electron chi connectivity index (χ2n) is 5.11. The first-order valence-corrected chi connectivity index (χ1v) is 7.10. The van der Waals surface area contributed by atoms with Crippen LogP contribution in [0.5, 0.6) is 0 Å². The van der Waals surface area contributed by atoms with E-state index in [9.17, 15) is 9.59 Å². The number of ether oxygens (including phenoxy) is 1. The molecule has 0 aromatic heterocycles. The van der Waals surface area contributed by atoms with Crippen LogP contribution < -0.4 is 10.6 Å². The van der Waals surface area contributed by atoms with Crippen LogP contribution in [0.3, 0.4) is 0 Å². The van der Waals surface area contributed by atoms with Crippen molar-refractivity contribution in [2.75, 3.05) is 39.4 Å². The number of nitrogens with one attached hydrogen (secondary N) is 2. The van der Waals surface area contributed by atoms with Crippen molar-refractivity contribution in [2.45, 2.75) is 26.3 Å². The van der Waals surface area contributed by atoms with E-state index in [-0.39, 0.29) is 18.6 Å². The zero-order valence-corrected chi connectivity index (χ0v) is 12.2. The maximum atomic E-state index is 11.7. The average Bonchev–Trinajstić information content (AvgIpc) is 2.39. The first-order valence-electron chi connectivity index (χ1n) is 7.10. The van der Waals surface area contributed by atoms with Gasteiger partial charge in [0, 0.05) is 32.2 Å². The number of hydrogen-bond acceptors (Lipinski definition) is 4. The molecule has 1 aliphatic heterocycles. The summed E-state index contributed by atoms with van der Waals surface area (Å²) < 4.78 is 5.27. The molecule has 2 amide bonds. The highest BCUT2D eigenvalue weighted by molar-refractivity contribution is 5.76. The van der Waals surface area contributed by atoms with Crippen LogP contribution in [0.4, 0.5) is 4.79 Å². The molecule has 3 N–H and O–H groups in total. The third kappa shape index (κ3) is 6.21. The Kier molecular flexibility index (Phi) is 7.32. The number of amides is 2. The van der Waals surface area contributed by atoms with E-state index in [1.807, 2.05) is 6.92 Å². The summed E-state index contributed by atoms with van der Waals surface area (Å²) in [6.45, 7) is 7.87. The Labute approximate surface area is 119 Å². The van der Waals surface area contributed by atoms with E-state index >= 15 is 0 Å². The molecule has 0 aromatic rings. The molecule has 0 spiro atoms. The molecule has 0 aliphatic carbocycles. The van der Waals surface area contributed by atoms with Gasteiger partial charge in [0.2, 0.25) is 0 Å². The number of hydrogen-bond donors (Lipinski definition) is 3. The van der Waals surface area contributed by atoms with Crippen LogP contribution in [0.15, 0.2) is 0 Å². The fourth-order valence-corrected chi connectivity index (χ4v) is 2.11. The number of nitrogens with zero attached hydrogens (tertiary/aromatic N) is 1. The molecule has 0 aromatic carbocycles. The Bertz CT molecular complexity index is 319. The van der Waals surface area contributed by atoms with Crippen LogP contribution in [-0.4, -0.2) is 67.4 Å². The molecule has 1 rings (SSSR count). The van der Waals surface area contributed by atoms with E-state index in [0.29, 0.717) is 6.42 Å². The molecule has 2 atom stereocenters. The highest BCUT2D eigenvalue weighted by atomic mass is 16.5. The highest BCUT2D eigenvalue weighted by Crippen LogP contribution is 2.01. The van der Waals surface area contributed by atoms with E-state index in [2.05, 4.69) is 15.5 Å². The molecular weight excluding hydrogens is 262 g/mol. The first kappa shape index (κ1) is 16.7. The lowest BCUT2D eigenvalue weighted by Crippen LogP contribution is -2.49. The third-order valence-corrected chi connectivity index (χ3v) is 3.36. The van der Waals surface area contributed by atoms with Crippen molar-refractivity contribution in [3.05, 3.63) is 0 Å². The van der Waals surface area contributed by atoms with Crippen LogP contribution in [0, 0.1) is 5.92 Å². The van der Waals surface area contributed by atoms with E-state index < -0.39 is 11.9 Å². The highest BCUT2D eigenvalue weighted by Gasteiger charge is 2.18. The largest absolute Gasteiger partial charge is 0.481 e. The molecule has 0 saturated carbocycles. The van der Waals surface area contributed by atoms with Crippen LogP contribution in [0.2, 0.25) is 0 Å². The van der Waals surface area contributed by atoms with Gasteiger partial charge < -0.3 is 20.5 Å². The number of rotatable bonds is 7. The van der Waals surface area contributed by atoms with Crippen molar-refractivity contribution in [3.8, 4) is 0 Å². The zero-order chi connectivity index (χ0) is 15.0. The predicted octanol–water partition coefficient (Wildman–Crippen LogP) is 0.117. The van der Waals surface area contributed by atoms with Gasteiger partial charge in [0.25, 0.3) is 0 Å². The van der Waals surface area contributed by atoms with Gasteiger partial charge in [0.05, 0.1) is 19.1 Å². The number of carbonyl (C=O) groups is 2. The van der Waals surface area contributed by atoms with Crippen LogP contribution >= 0.6 is 0 Å². The molecule has 20 heavy (non-hydrogen) atoms. The number of carbonyl (C=O) groups excluding carboxylic acids is 1. The number of urea groups is 1. The quantitative estimate of drug-likeness (QED) is 0.618. The summed E-state index contributed by atoms with van der Waals surface area (Å²) in [5, 5.41) is 14.3. The van der Waals surface area contributed by atoms with Gasteiger partial charge >= 0.3 is 12.0 Å². The summed E-state index contributed by atoms with van der Waals surface area (Å²) in [6.07, 6.45) is 0.499. The maximum absolute atomic E-state index is 11.7. The van der Waals surface area contributed by atoms with E-state index in [1.54, 1.807) is 6.92 Å². The molecule has 0 bridgehead atoms. The molecule has 116 valence electrons. The smallest absolute Gasteiger partial charge is 0.315 e. The van der Waals surface area contributed by atoms with Crippen LogP contribution in [0.1, 0.15) is 20.3 Å². The number of carboxylic acid groups (broad SMARTS) is 1. The minimum absolute atomic E-state index is 0.0120. The normalized spacial score (nSPS) is 19.1. The van der Waals surface area contributed by atoms with Crippen molar-refractivity contribution in [2.24, 2.45) is 5.92 Å². The van der Waals surface area contributed by atoms with E-state index in [0.717, 1.165) is 32.8 Å². The monoisotopic (exact) mass is 287 g/mol. The van der Waals surface area contributed by atoms with Crippen LogP contribution in [0.25, 0.3) is 0 Å². The summed E-state index contributed by atoms with van der Waals surface area (Å²) in [5.41, 5.74) is 0. The Hall–Kier alpha value is -1.34. The summed E-state index contributed by atoms with van der Waals surface area (Å²) in [6, 6.07) is -0.302. The lowest BCUT2D eigenvalue weighted by molar-refractivity contribution is -0.141. The van der Waals surface area contributed by atoms with Crippen molar-refractivity contribution in [1.82, 2.24) is 15.5 Å². The summed E-state index contributed by atoms with van der Waals surface area (Å²) >= 11 is 0. The zero-order valence-electron chi connectivity index (χ0n) is 12.2. The van der Waals surface area contributed by atoms with Crippen molar-refractivity contribution in [3.63, 3.8) is 0 Å². The van der Waals surface area contributed by atoms with E-state index in [4.69, 9.17) is 9.84 Å². The molecule has 7 heteroatoms. The Balaban J connectivity index is 2.21.